The molecule has 0 aromatic carbocycles. The summed E-state index contributed by atoms with van der Waals surface area (Å²) in [4.78, 5) is 0. The molecule has 0 aromatic heterocycles. The van der Waals surface area contributed by atoms with Gasteiger partial charge in [0.25, 0.3) is 0 Å². The first-order valence-electron chi connectivity index (χ1n) is 3.46. The first-order valence-corrected chi connectivity index (χ1v) is 3.46. The molecule has 0 radical (unpaired) electrons. The average Bonchev–Trinajstić information content (AvgIpc) is 2.37. The van der Waals surface area contributed by atoms with E-state index in [1.807, 2.05) is 0 Å². The highest BCUT2D eigenvalue weighted by Crippen LogP contribution is 2.07. The van der Waals surface area contributed by atoms with Crippen molar-refractivity contribution in [2.75, 3.05) is 13.1 Å². The monoisotopic (exact) mass is 130 g/mol. The Morgan fingerprint density at radius 3 is 3.00 bits per heavy atom. The minimum absolute atomic E-state index is 0.259. The van der Waals surface area contributed by atoms with Gasteiger partial charge in [0.1, 0.15) is 0 Å². The predicted molar refractivity (Wildman–Crippen MR) is 36.1 cm³/mol. The molecule has 54 valence electrons. The summed E-state index contributed by atoms with van der Waals surface area (Å²) in [6.45, 7) is 1.40. The van der Waals surface area contributed by atoms with Gasteiger partial charge in [-0.2, -0.15) is 0 Å². The SMILES string of the molecule is NCC(O)C1CCCN1. The molecule has 0 saturated carbocycles. The van der Waals surface area contributed by atoms with E-state index >= 15 is 0 Å². The van der Waals surface area contributed by atoms with Crippen LogP contribution in [0.15, 0.2) is 0 Å². The lowest BCUT2D eigenvalue weighted by atomic mass is 10.1. The van der Waals surface area contributed by atoms with E-state index in [0.29, 0.717) is 6.54 Å². The summed E-state index contributed by atoms with van der Waals surface area (Å²) in [7, 11) is 0. The highest BCUT2D eigenvalue weighted by molar-refractivity contribution is 4.81. The Labute approximate surface area is 55.2 Å². The van der Waals surface area contributed by atoms with Crippen LogP contribution < -0.4 is 11.1 Å². The zero-order chi connectivity index (χ0) is 6.69. The van der Waals surface area contributed by atoms with Crippen molar-refractivity contribution < 1.29 is 5.11 Å². The van der Waals surface area contributed by atoms with Gasteiger partial charge in [-0.3, -0.25) is 0 Å². The van der Waals surface area contributed by atoms with E-state index in [4.69, 9.17) is 5.73 Å². The topological polar surface area (TPSA) is 58.3 Å². The van der Waals surface area contributed by atoms with Gasteiger partial charge in [-0.1, -0.05) is 0 Å². The zero-order valence-electron chi connectivity index (χ0n) is 5.51. The number of aliphatic hydroxyl groups excluding tert-OH is 1. The Hall–Kier alpha value is -0.120. The Morgan fingerprint density at radius 2 is 2.56 bits per heavy atom. The summed E-state index contributed by atoms with van der Waals surface area (Å²) in [5, 5.41) is 12.3. The molecule has 0 bridgehead atoms. The van der Waals surface area contributed by atoms with Crippen LogP contribution in [0.4, 0.5) is 0 Å². The van der Waals surface area contributed by atoms with Crippen LogP contribution in [0.5, 0.6) is 0 Å². The summed E-state index contributed by atoms with van der Waals surface area (Å²) in [5.41, 5.74) is 5.26. The van der Waals surface area contributed by atoms with Gasteiger partial charge in [-0.05, 0) is 19.4 Å². The molecule has 0 aromatic rings. The smallest absolute Gasteiger partial charge is 0.0815 e. The van der Waals surface area contributed by atoms with Crippen LogP contribution >= 0.6 is 0 Å². The van der Waals surface area contributed by atoms with Gasteiger partial charge in [-0.15, -0.1) is 0 Å². The van der Waals surface area contributed by atoms with Crippen molar-refractivity contribution in [3.63, 3.8) is 0 Å². The predicted octanol–water partition coefficient (Wildman–Crippen LogP) is -0.942. The molecule has 1 fully saturated rings. The molecule has 9 heavy (non-hydrogen) atoms. The van der Waals surface area contributed by atoms with Crippen LogP contribution in [0.25, 0.3) is 0 Å². The molecule has 1 rings (SSSR count). The molecule has 2 atom stereocenters. The third kappa shape index (κ3) is 1.64. The lowest BCUT2D eigenvalue weighted by Gasteiger charge is -2.15. The van der Waals surface area contributed by atoms with Gasteiger partial charge in [0.15, 0.2) is 0 Å². The highest BCUT2D eigenvalue weighted by Gasteiger charge is 2.20. The van der Waals surface area contributed by atoms with Crippen molar-refractivity contribution in [3.05, 3.63) is 0 Å². The van der Waals surface area contributed by atoms with Crippen molar-refractivity contribution in [2.45, 2.75) is 25.0 Å². The summed E-state index contributed by atoms with van der Waals surface area (Å²) in [6, 6.07) is 0.259. The van der Waals surface area contributed by atoms with E-state index in [1.54, 1.807) is 0 Å². The van der Waals surface area contributed by atoms with Crippen molar-refractivity contribution in [1.82, 2.24) is 5.32 Å². The van der Waals surface area contributed by atoms with Crippen LogP contribution in [-0.4, -0.2) is 30.3 Å². The molecule has 0 spiro atoms. The normalized spacial score (nSPS) is 30.7. The van der Waals surface area contributed by atoms with Crippen LogP contribution in [0.1, 0.15) is 12.8 Å². The summed E-state index contributed by atoms with van der Waals surface area (Å²) in [5.74, 6) is 0. The number of hydrogen-bond donors (Lipinski definition) is 3. The molecule has 1 aliphatic rings. The van der Waals surface area contributed by atoms with Gasteiger partial charge in [0.2, 0.25) is 0 Å². The van der Waals surface area contributed by atoms with Crippen molar-refractivity contribution >= 4 is 0 Å². The molecule has 1 heterocycles. The van der Waals surface area contributed by atoms with Crippen LogP contribution in [0.2, 0.25) is 0 Å². The average molecular weight is 130 g/mol. The van der Waals surface area contributed by atoms with Gasteiger partial charge < -0.3 is 16.2 Å². The van der Waals surface area contributed by atoms with Crippen LogP contribution in [0, 0.1) is 0 Å². The van der Waals surface area contributed by atoms with Crippen molar-refractivity contribution in [2.24, 2.45) is 5.73 Å². The third-order valence-electron chi connectivity index (χ3n) is 1.80. The first kappa shape index (κ1) is 6.99. The summed E-state index contributed by atoms with van der Waals surface area (Å²) in [6.07, 6.45) is 1.90. The fraction of sp³-hybridized carbons (Fsp3) is 1.00. The van der Waals surface area contributed by atoms with Gasteiger partial charge in [0, 0.05) is 12.6 Å². The minimum atomic E-state index is -0.340. The molecule has 1 aliphatic heterocycles. The molecule has 0 amide bonds. The molecular formula is C6H14N2O. The van der Waals surface area contributed by atoms with E-state index < -0.39 is 0 Å². The summed E-state index contributed by atoms with van der Waals surface area (Å²) >= 11 is 0. The maximum absolute atomic E-state index is 9.17. The molecule has 0 aliphatic carbocycles. The molecule has 2 unspecified atom stereocenters. The standard InChI is InChI=1S/C6H14N2O/c7-4-6(9)5-2-1-3-8-5/h5-6,8-9H,1-4,7H2. The fourth-order valence-corrected chi connectivity index (χ4v) is 1.20. The van der Waals surface area contributed by atoms with Crippen LogP contribution in [-0.2, 0) is 0 Å². The zero-order valence-corrected chi connectivity index (χ0v) is 5.51. The second-order valence-electron chi connectivity index (χ2n) is 2.51. The lowest BCUT2D eigenvalue weighted by molar-refractivity contribution is 0.143. The van der Waals surface area contributed by atoms with Gasteiger partial charge in [0.05, 0.1) is 6.10 Å². The lowest BCUT2D eigenvalue weighted by Crippen LogP contribution is -2.39. The van der Waals surface area contributed by atoms with E-state index in [1.165, 1.54) is 6.42 Å². The van der Waals surface area contributed by atoms with E-state index in [2.05, 4.69) is 5.32 Å². The molecule has 3 nitrogen and oxygen atoms in total. The van der Waals surface area contributed by atoms with E-state index in [-0.39, 0.29) is 12.1 Å². The van der Waals surface area contributed by atoms with Gasteiger partial charge in [-0.25, -0.2) is 0 Å². The number of nitrogens with one attached hydrogen (secondary N) is 1. The first-order chi connectivity index (χ1) is 4.34. The molecule has 1 saturated heterocycles. The number of rotatable bonds is 2. The second-order valence-corrected chi connectivity index (χ2v) is 2.51. The molecule has 4 N–H and O–H groups in total. The Bertz CT molecular complexity index is 81.1. The maximum atomic E-state index is 9.17. The molecule has 3 heteroatoms. The van der Waals surface area contributed by atoms with Crippen molar-refractivity contribution in [1.29, 1.82) is 0 Å². The number of aliphatic hydroxyl groups is 1. The number of nitrogens with two attached hydrogens (primary N) is 1. The maximum Gasteiger partial charge on any atom is 0.0815 e. The second kappa shape index (κ2) is 3.15. The third-order valence-corrected chi connectivity index (χ3v) is 1.80. The Balaban J connectivity index is 2.24. The Morgan fingerprint density at radius 1 is 1.78 bits per heavy atom. The molecular weight excluding hydrogens is 116 g/mol. The van der Waals surface area contributed by atoms with E-state index in [9.17, 15) is 5.11 Å². The highest BCUT2D eigenvalue weighted by atomic mass is 16.3. The quantitative estimate of drug-likeness (QED) is 0.452. The number of hydrogen-bond acceptors (Lipinski definition) is 3. The Kier molecular flexibility index (Phi) is 2.45. The minimum Gasteiger partial charge on any atom is -0.390 e. The van der Waals surface area contributed by atoms with Crippen LogP contribution in [0.3, 0.4) is 0 Å². The van der Waals surface area contributed by atoms with Crippen molar-refractivity contribution in [3.8, 4) is 0 Å². The van der Waals surface area contributed by atoms with Gasteiger partial charge >= 0.3 is 0 Å². The van der Waals surface area contributed by atoms with E-state index in [0.717, 1.165) is 13.0 Å². The fourth-order valence-electron chi connectivity index (χ4n) is 1.20. The summed E-state index contributed by atoms with van der Waals surface area (Å²) < 4.78 is 0. The largest absolute Gasteiger partial charge is 0.390 e.